The molecule has 1 heterocycles. The molecular formula is C10H13NO4. The Labute approximate surface area is 87.1 Å². The monoisotopic (exact) mass is 211 g/mol. The first-order chi connectivity index (χ1) is 7.26. The molecule has 0 bridgehead atoms. The van der Waals surface area contributed by atoms with E-state index in [1.807, 2.05) is 0 Å². The average Bonchev–Trinajstić information content (AvgIpc) is 2.98. The Morgan fingerprint density at radius 1 is 1.67 bits per heavy atom. The Morgan fingerprint density at radius 3 is 2.93 bits per heavy atom. The minimum absolute atomic E-state index is 0.112. The number of hydrogen-bond donors (Lipinski definition) is 1. The van der Waals surface area contributed by atoms with Gasteiger partial charge in [-0.25, -0.2) is 9.78 Å². The van der Waals surface area contributed by atoms with Crippen LogP contribution in [-0.4, -0.2) is 22.7 Å². The Hall–Kier alpha value is -1.36. The van der Waals surface area contributed by atoms with E-state index in [0.717, 1.165) is 12.8 Å². The molecule has 0 aromatic carbocycles. The summed E-state index contributed by atoms with van der Waals surface area (Å²) in [5, 5.41) is 9.01. The minimum atomic E-state index is -0.530. The highest BCUT2D eigenvalue weighted by molar-refractivity contribution is 5.88. The third-order valence-corrected chi connectivity index (χ3v) is 2.25. The molecule has 5 nitrogen and oxygen atoms in total. The van der Waals surface area contributed by atoms with Crippen LogP contribution < -0.4 is 0 Å². The van der Waals surface area contributed by atoms with Crippen molar-refractivity contribution < 1.29 is 19.1 Å². The lowest BCUT2D eigenvalue weighted by atomic mass is 10.3. The summed E-state index contributed by atoms with van der Waals surface area (Å²) in [7, 11) is 0. The maximum absolute atomic E-state index is 11.4. The van der Waals surface area contributed by atoms with Gasteiger partial charge in [-0.3, -0.25) is 0 Å². The normalized spacial score (nSPS) is 15.3. The average molecular weight is 211 g/mol. The molecule has 0 atom stereocenters. The van der Waals surface area contributed by atoms with Crippen LogP contribution in [0, 0.1) is 0 Å². The fourth-order valence-corrected chi connectivity index (χ4v) is 1.34. The molecule has 0 radical (unpaired) electrons. The molecule has 15 heavy (non-hydrogen) atoms. The molecule has 1 aromatic rings. The molecule has 1 fully saturated rings. The number of esters is 1. The molecule has 1 aromatic heterocycles. The van der Waals surface area contributed by atoms with Crippen molar-refractivity contribution in [1.82, 2.24) is 4.98 Å². The highest BCUT2D eigenvalue weighted by atomic mass is 16.5. The van der Waals surface area contributed by atoms with E-state index >= 15 is 0 Å². The second-order valence-corrected chi connectivity index (χ2v) is 3.48. The van der Waals surface area contributed by atoms with Crippen molar-refractivity contribution in [2.45, 2.75) is 32.3 Å². The standard InChI is InChI=1S/C10H13NO4/c1-2-14-10(13)8-7(5-12)15-9(11-8)6-3-4-6/h6,12H,2-5H2,1H3. The van der Waals surface area contributed by atoms with E-state index in [4.69, 9.17) is 14.3 Å². The van der Waals surface area contributed by atoms with E-state index in [9.17, 15) is 4.79 Å². The first kappa shape index (κ1) is 10.2. The van der Waals surface area contributed by atoms with Crippen molar-refractivity contribution in [3.63, 3.8) is 0 Å². The van der Waals surface area contributed by atoms with E-state index in [2.05, 4.69) is 4.98 Å². The van der Waals surface area contributed by atoms with E-state index in [-0.39, 0.29) is 24.7 Å². The molecular weight excluding hydrogens is 198 g/mol. The number of carbonyl (C=O) groups is 1. The number of oxazole rings is 1. The molecule has 0 aliphatic heterocycles. The second-order valence-electron chi connectivity index (χ2n) is 3.48. The minimum Gasteiger partial charge on any atom is -0.461 e. The van der Waals surface area contributed by atoms with Gasteiger partial charge in [-0.2, -0.15) is 0 Å². The number of aliphatic hydroxyl groups excluding tert-OH is 1. The van der Waals surface area contributed by atoms with Gasteiger partial charge in [0.1, 0.15) is 6.61 Å². The number of hydrogen-bond acceptors (Lipinski definition) is 5. The fourth-order valence-electron chi connectivity index (χ4n) is 1.34. The lowest BCUT2D eigenvalue weighted by Gasteiger charge is -1.97. The second kappa shape index (κ2) is 4.02. The van der Waals surface area contributed by atoms with Crippen molar-refractivity contribution in [1.29, 1.82) is 0 Å². The van der Waals surface area contributed by atoms with Crippen LogP contribution in [0.5, 0.6) is 0 Å². The van der Waals surface area contributed by atoms with Gasteiger partial charge in [0.2, 0.25) is 0 Å². The fraction of sp³-hybridized carbons (Fsp3) is 0.600. The summed E-state index contributed by atoms with van der Waals surface area (Å²) in [6.07, 6.45) is 2.07. The van der Waals surface area contributed by atoms with E-state index in [0.29, 0.717) is 11.8 Å². The van der Waals surface area contributed by atoms with Gasteiger partial charge in [-0.1, -0.05) is 0 Å². The van der Waals surface area contributed by atoms with Gasteiger partial charge in [-0.05, 0) is 19.8 Å². The maximum atomic E-state index is 11.4. The number of rotatable bonds is 4. The van der Waals surface area contributed by atoms with Crippen LogP contribution in [0.1, 0.15) is 47.8 Å². The zero-order valence-electron chi connectivity index (χ0n) is 8.52. The van der Waals surface area contributed by atoms with Crippen molar-refractivity contribution in [2.75, 3.05) is 6.61 Å². The number of aromatic nitrogens is 1. The van der Waals surface area contributed by atoms with Crippen molar-refractivity contribution >= 4 is 5.97 Å². The van der Waals surface area contributed by atoms with Crippen LogP contribution in [0.3, 0.4) is 0 Å². The van der Waals surface area contributed by atoms with Crippen LogP contribution in [0.15, 0.2) is 4.42 Å². The first-order valence-electron chi connectivity index (χ1n) is 5.03. The Balaban J connectivity index is 2.23. The molecule has 0 saturated heterocycles. The van der Waals surface area contributed by atoms with Gasteiger partial charge in [0.05, 0.1) is 6.61 Å². The summed E-state index contributed by atoms with van der Waals surface area (Å²) in [4.78, 5) is 15.5. The summed E-state index contributed by atoms with van der Waals surface area (Å²) in [5.74, 6) is 0.535. The Kier molecular flexibility index (Phi) is 2.73. The van der Waals surface area contributed by atoms with Gasteiger partial charge < -0.3 is 14.3 Å². The first-order valence-corrected chi connectivity index (χ1v) is 5.03. The van der Waals surface area contributed by atoms with Gasteiger partial charge in [0.15, 0.2) is 17.3 Å². The molecule has 0 amide bonds. The quantitative estimate of drug-likeness (QED) is 0.758. The van der Waals surface area contributed by atoms with Crippen LogP contribution in [-0.2, 0) is 11.3 Å². The maximum Gasteiger partial charge on any atom is 0.360 e. The van der Waals surface area contributed by atoms with Crippen LogP contribution in [0.2, 0.25) is 0 Å². The lowest BCUT2D eigenvalue weighted by Crippen LogP contribution is -2.07. The van der Waals surface area contributed by atoms with E-state index in [1.165, 1.54) is 0 Å². The summed E-state index contributed by atoms with van der Waals surface area (Å²) in [6.45, 7) is 1.68. The molecule has 0 spiro atoms. The van der Waals surface area contributed by atoms with Crippen molar-refractivity contribution in [3.8, 4) is 0 Å². The smallest absolute Gasteiger partial charge is 0.360 e. The van der Waals surface area contributed by atoms with E-state index in [1.54, 1.807) is 6.92 Å². The molecule has 1 aliphatic carbocycles. The molecule has 1 N–H and O–H groups in total. The highest BCUT2D eigenvalue weighted by Gasteiger charge is 2.31. The SMILES string of the molecule is CCOC(=O)c1nc(C2CC2)oc1CO. The molecule has 82 valence electrons. The number of carbonyl (C=O) groups excluding carboxylic acids is 1. The summed E-state index contributed by atoms with van der Waals surface area (Å²) in [6, 6.07) is 0. The van der Waals surface area contributed by atoms with Gasteiger partial charge >= 0.3 is 5.97 Å². The number of ether oxygens (including phenoxy) is 1. The van der Waals surface area contributed by atoms with Crippen LogP contribution in [0.25, 0.3) is 0 Å². The molecule has 2 rings (SSSR count). The van der Waals surface area contributed by atoms with E-state index < -0.39 is 5.97 Å². The zero-order valence-corrected chi connectivity index (χ0v) is 8.52. The third-order valence-electron chi connectivity index (χ3n) is 2.25. The Bertz CT molecular complexity index is 367. The lowest BCUT2D eigenvalue weighted by molar-refractivity contribution is 0.0514. The summed E-state index contributed by atoms with van der Waals surface area (Å²) >= 11 is 0. The molecule has 5 heteroatoms. The molecule has 1 aliphatic rings. The molecule has 1 saturated carbocycles. The Morgan fingerprint density at radius 2 is 2.40 bits per heavy atom. The van der Waals surface area contributed by atoms with Crippen LogP contribution in [0.4, 0.5) is 0 Å². The topological polar surface area (TPSA) is 72.6 Å². The number of aliphatic hydroxyl groups is 1. The van der Waals surface area contributed by atoms with Crippen LogP contribution >= 0.6 is 0 Å². The predicted molar refractivity (Wildman–Crippen MR) is 50.4 cm³/mol. The number of nitrogens with zero attached hydrogens (tertiary/aromatic N) is 1. The predicted octanol–water partition coefficient (Wildman–Crippen LogP) is 1.22. The third kappa shape index (κ3) is 2.02. The summed E-state index contributed by atoms with van der Waals surface area (Å²) < 4.78 is 10.1. The van der Waals surface area contributed by atoms with Crippen molar-refractivity contribution in [3.05, 3.63) is 17.3 Å². The van der Waals surface area contributed by atoms with Crippen molar-refractivity contribution in [2.24, 2.45) is 0 Å². The van der Waals surface area contributed by atoms with Gasteiger partial charge in [0, 0.05) is 5.92 Å². The molecule has 0 unspecified atom stereocenters. The van der Waals surface area contributed by atoms with Gasteiger partial charge in [0.25, 0.3) is 0 Å². The highest BCUT2D eigenvalue weighted by Crippen LogP contribution is 2.40. The largest absolute Gasteiger partial charge is 0.461 e. The summed E-state index contributed by atoms with van der Waals surface area (Å²) in [5.41, 5.74) is 0.112. The van der Waals surface area contributed by atoms with Gasteiger partial charge in [-0.15, -0.1) is 0 Å². The zero-order chi connectivity index (χ0) is 10.8.